The number of hydrogen-bond donors (Lipinski definition) is 3. The molecule has 2 rings (SSSR count). The van der Waals surface area contributed by atoms with Crippen LogP contribution in [0.25, 0.3) is 0 Å². The Morgan fingerprint density at radius 3 is 2.71 bits per heavy atom. The second-order valence-corrected chi connectivity index (χ2v) is 6.05. The molecule has 1 aromatic carbocycles. The van der Waals surface area contributed by atoms with Crippen LogP contribution in [-0.2, 0) is 11.3 Å². The van der Waals surface area contributed by atoms with Gasteiger partial charge in [-0.1, -0.05) is 31.9 Å². The van der Waals surface area contributed by atoms with Crippen molar-refractivity contribution in [1.29, 1.82) is 0 Å². The topological polar surface area (TPSA) is 65.5 Å². The van der Waals surface area contributed by atoms with Gasteiger partial charge < -0.3 is 16.0 Å². The van der Waals surface area contributed by atoms with Crippen molar-refractivity contribution in [1.82, 2.24) is 10.6 Å². The highest BCUT2D eigenvalue weighted by Gasteiger charge is 2.15. The molecule has 1 aliphatic rings. The Kier molecular flexibility index (Phi) is 9.75. The summed E-state index contributed by atoms with van der Waals surface area (Å²) >= 11 is 0. The molecule has 0 spiro atoms. The zero-order valence-electron chi connectivity index (χ0n) is 14.6. The molecule has 1 aliphatic carbocycles. The van der Waals surface area contributed by atoms with Gasteiger partial charge in [0.05, 0.1) is 0 Å². The van der Waals surface area contributed by atoms with E-state index in [1.807, 2.05) is 31.2 Å². The highest BCUT2D eigenvalue weighted by atomic mass is 127. The number of guanidine groups is 1. The van der Waals surface area contributed by atoms with E-state index in [1.54, 1.807) is 7.05 Å². The average Bonchev–Trinajstić information content (AvgIpc) is 3.05. The van der Waals surface area contributed by atoms with Crippen molar-refractivity contribution in [2.24, 2.45) is 4.99 Å². The largest absolute Gasteiger partial charge is 0.354 e. The molecule has 1 amide bonds. The first-order valence-electron chi connectivity index (χ1n) is 8.57. The van der Waals surface area contributed by atoms with E-state index < -0.39 is 0 Å². The normalized spacial score (nSPS) is 14.8. The fraction of sp³-hybridized carbons (Fsp3) is 0.556. The number of hydrogen-bond acceptors (Lipinski definition) is 2. The smallest absolute Gasteiger partial charge is 0.224 e. The van der Waals surface area contributed by atoms with Crippen LogP contribution < -0.4 is 16.0 Å². The summed E-state index contributed by atoms with van der Waals surface area (Å²) in [5.74, 6) is 0.911. The molecular formula is C18H29IN4O. The predicted octanol–water partition coefficient (Wildman–Crippen LogP) is 3.65. The van der Waals surface area contributed by atoms with E-state index in [2.05, 4.69) is 20.9 Å². The Bertz CT molecular complexity index is 542. The minimum Gasteiger partial charge on any atom is -0.354 e. The highest BCUT2D eigenvalue weighted by Crippen LogP contribution is 2.17. The van der Waals surface area contributed by atoms with Crippen molar-refractivity contribution < 1.29 is 4.79 Å². The summed E-state index contributed by atoms with van der Waals surface area (Å²) in [5, 5.41) is 9.74. The average molecular weight is 444 g/mol. The lowest BCUT2D eigenvalue weighted by atomic mass is 10.2. The summed E-state index contributed by atoms with van der Waals surface area (Å²) in [7, 11) is 1.80. The van der Waals surface area contributed by atoms with Gasteiger partial charge in [-0.25, -0.2) is 0 Å². The molecule has 0 aliphatic heterocycles. The van der Waals surface area contributed by atoms with Crippen molar-refractivity contribution in [3.05, 3.63) is 29.8 Å². The summed E-state index contributed by atoms with van der Waals surface area (Å²) in [5.41, 5.74) is 1.97. The summed E-state index contributed by atoms with van der Waals surface area (Å²) in [6.07, 6.45) is 6.46. The zero-order chi connectivity index (χ0) is 16.5. The van der Waals surface area contributed by atoms with Crippen LogP contribution in [0.4, 0.5) is 5.69 Å². The third-order valence-electron chi connectivity index (χ3n) is 4.07. The molecule has 0 radical (unpaired) electrons. The molecule has 3 N–H and O–H groups in total. The number of anilines is 1. The summed E-state index contributed by atoms with van der Waals surface area (Å²) in [6.45, 7) is 2.69. The maximum Gasteiger partial charge on any atom is 0.224 e. The van der Waals surface area contributed by atoms with Crippen LogP contribution in [0.2, 0.25) is 0 Å². The molecule has 1 fully saturated rings. The number of rotatable bonds is 6. The number of amides is 1. The summed E-state index contributed by atoms with van der Waals surface area (Å²) in [4.78, 5) is 16.0. The van der Waals surface area contributed by atoms with Crippen molar-refractivity contribution in [3.63, 3.8) is 0 Å². The summed E-state index contributed by atoms with van der Waals surface area (Å²) in [6, 6.07) is 8.48. The Morgan fingerprint density at radius 2 is 2.04 bits per heavy atom. The van der Waals surface area contributed by atoms with Gasteiger partial charge >= 0.3 is 0 Å². The van der Waals surface area contributed by atoms with Crippen LogP contribution in [0.3, 0.4) is 0 Å². The van der Waals surface area contributed by atoms with Crippen LogP contribution >= 0.6 is 24.0 Å². The van der Waals surface area contributed by atoms with Gasteiger partial charge in [0.15, 0.2) is 5.96 Å². The fourth-order valence-electron chi connectivity index (χ4n) is 2.85. The first-order chi connectivity index (χ1) is 11.2. The van der Waals surface area contributed by atoms with Crippen molar-refractivity contribution >= 4 is 41.5 Å². The maximum absolute atomic E-state index is 11.7. The Labute approximate surface area is 162 Å². The van der Waals surface area contributed by atoms with E-state index in [1.165, 1.54) is 25.7 Å². The molecule has 0 saturated heterocycles. The lowest BCUT2D eigenvalue weighted by molar-refractivity contribution is -0.116. The van der Waals surface area contributed by atoms with E-state index in [9.17, 15) is 4.79 Å². The van der Waals surface area contributed by atoms with E-state index in [4.69, 9.17) is 0 Å². The van der Waals surface area contributed by atoms with E-state index in [-0.39, 0.29) is 29.9 Å². The van der Waals surface area contributed by atoms with Crippen LogP contribution in [0.5, 0.6) is 0 Å². The summed E-state index contributed by atoms with van der Waals surface area (Å²) < 4.78 is 0. The van der Waals surface area contributed by atoms with Gasteiger partial charge in [0.25, 0.3) is 0 Å². The third kappa shape index (κ3) is 7.07. The number of nitrogens with zero attached hydrogens (tertiary/aromatic N) is 1. The molecule has 0 heterocycles. The predicted molar refractivity (Wildman–Crippen MR) is 111 cm³/mol. The Hall–Kier alpha value is -1.31. The molecule has 134 valence electrons. The van der Waals surface area contributed by atoms with Gasteiger partial charge in [-0.2, -0.15) is 0 Å². The second kappa shape index (κ2) is 11.3. The van der Waals surface area contributed by atoms with Crippen LogP contribution in [0, 0.1) is 0 Å². The quantitative estimate of drug-likeness (QED) is 0.357. The lowest BCUT2D eigenvalue weighted by Gasteiger charge is -2.17. The second-order valence-electron chi connectivity index (χ2n) is 6.05. The van der Waals surface area contributed by atoms with Crippen molar-refractivity contribution in [2.75, 3.05) is 12.4 Å². The molecule has 0 bridgehead atoms. The highest BCUT2D eigenvalue weighted by molar-refractivity contribution is 14.0. The monoisotopic (exact) mass is 444 g/mol. The molecular weight excluding hydrogens is 415 g/mol. The molecule has 0 atom stereocenters. The Morgan fingerprint density at radius 1 is 1.29 bits per heavy atom. The molecule has 1 aromatic rings. The SMILES string of the molecule is CCCC(=O)Nc1cccc(CNC(=NC)NC2CCCC2)c1.I. The van der Waals surface area contributed by atoms with Crippen molar-refractivity contribution in [2.45, 2.75) is 58.0 Å². The van der Waals surface area contributed by atoms with Crippen LogP contribution in [-0.4, -0.2) is 25.0 Å². The standard InChI is InChI=1S/C18H28N4O.HI/c1-3-7-17(23)21-16-11-6-8-14(12-16)13-20-18(19-2)22-15-9-4-5-10-15;/h6,8,11-12,15H,3-5,7,9-10,13H2,1-2H3,(H,21,23)(H2,19,20,22);1H. The van der Waals surface area contributed by atoms with Gasteiger partial charge in [0, 0.05) is 31.7 Å². The van der Waals surface area contributed by atoms with Gasteiger partial charge in [-0.3, -0.25) is 9.79 Å². The number of benzene rings is 1. The van der Waals surface area contributed by atoms with E-state index in [0.717, 1.165) is 23.6 Å². The number of halogens is 1. The molecule has 0 aromatic heterocycles. The number of nitrogens with one attached hydrogen (secondary N) is 3. The molecule has 6 heteroatoms. The van der Waals surface area contributed by atoms with E-state index >= 15 is 0 Å². The number of aliphatic imine (C=N–C) groups is 1. The first kappa shape index (κ1) is 20.7. The molecule has 24 heavy (non-hydrogen) atoms. The molecule has 0 unspecified atom stereocenters. The first-order valence-corrected chi connectivity index (χ1v) is 8.57. The van der Waals surface area contributed by atoms with Gasteiger partial charge in [0.2, 0.25) is 5.91 Å². The van der Waals surface area contributed by atoms with Gasteiger partial charge in [-0.15, -0.1) is 24.0 Å². The van der Waals surface area contributed by atoms with Crippen LogP contribution in [0.15, 0.2) is 29.3 Å². The minimum absolute atomic E-state index is 0. The number of carbonyl (C=O) groups is 1. The molecule has 5 nitrogen and oxygen atoms in total. The van der Waals surface area contributed by atoms with Crippen molar-refractivity contribution in [3.8, 4) is 0 Å². The zero-order valence-corrected chi connectivity index (χ0v) is 16.9. The van der Waals surface area contributed by atoms with Gasteiger partial charge in [-0.05, 0) is 37.0 Å². The fourth-order valence-corrected chi connectivity index (χ4v) is 2.85. The van der Waals surface area contributed by atoms with E-state index in [0.29, 0.717) is 19.0 Å². The Balaban J connectivity index is 0.00000288. The van der Waals surface area contributed by atoms with Gasteiger partial charge in [0.1, 0.15) is 0 Å². The number of carbonyl (C=O) groups excluding carboxylic acids is 1. The maximum atomic E-state index is 11.7. The third-order valence-corrected chi connectivity index (χ3v) is 4.07. The lowest BCUT2D eigenvalue weighted by Crippen LogP contribution is -2.41. The minimum atomic E-state index is 0. The molecule has 1 saturated carbocycles. The van der Waals surface area contributed by atoms with Crippen LogP contribution in [0.1, 0.15) is 51.0 Å².